The molecule has 144 valence electrons. The molecule has 0 saturated heterocycles. The van der Waals surface area contributed by atoms with Crippen LogP contribution in [0, 0.1) is 0 Å². The molecule has 3 rings (SSSR count). The van der Waals surface area contributed by atoms with Gasteiger partial charge < -0.3 is 9.64 Å². The molecule has 0 aliphatic rings. The summed E-state index contributed by atoms with van der Waals surface area (Å²) in [5.41, 5.74) is 1.15. The Kier molecular flexibility index (Phi) is 6.45. The minimum absolute atomic E-state index is 0.555. The van der Waals surface area contributed by atoms with Crippen LogP contribution in [0.15, 0.2) is 89.7 Å². The second kappa shape index (κ2) is 9.01. The van der Waals surface area contributed by atoms with Gasteiger partial charge in [-0.25, -0.2) is 4.79 Å². The van der Waals surface area contributed by atoms with Crippen molar-refractivity contribution >= 4 is 29.1 Å². The predicted molar refractivity (Wildman–Crippen MR) is 117 cm³/mol. The molecule has 5 heteroatoms. The number of carbonyl (C=O) groups is 1. The summed E-state index contributed by atoms with van der Waals surface area (Å²) in [6.45, 7) is 0.758. The van der Waals surface area contributed by atoms with Crippen molar-refractivity contribution in [2.24, 2.45) is 4.74 Å². The van der Waals surface area contributed by atoms with E-state index in [1.807, 2.05) is 62.6 Å². The number of nitrogens with zero attached hydrogens (tertiary/aromatic N) is 2. The van der Waals surface area contributed by atoms with Gasteiger partial charge in [-0.3, -0.25) is 0 Å². The summed E-state index contributed by atoms with van der Waals surface area (Å²) in [7, 11) is 2.86. The third kappa shape index (κ3) is 4.09. The lowest BCUT2D eigenvalue weighted by atomic mass is 10.2. The van der Waals surface area contributed by atoms with Crippen molar-refractivity contribution in [2.75, 3.05) is 21.2 Å². The molecule has 28 heavy (non-hydrogen) atoms. The van der Waals surface area contributed by atoms with Gasteiger partial charge in [0.1, 0.15) is 0 Å². The summed E-state index contributed by atoms with van der Waals surface area (Å²) in [5.74, 6) is 0. The number of amides is 1. The quantitative estimate of drug-likeness (QED) is 0.617. The number of carbonyl (C=O) groups excluding carboxylic acids is 1. The minimum Gasteiger partial charge on any atom is -0.451 e. The van der Waals surface area contributed by atoms with Crippen molar-refractivity contribution in [3.05, 3.63) is 90.5 Å². The fourth-order valence-electron chi connectivity index (χ4n) is 3.35. The Morgan fingerprint density at radius 1 is 0.857 bits per heavy atom. The lowest BCUT2D eigenvalue weighted by Crippen LogP contribution is -2.30. The maximum absolute atomic E-state index is 12.5. The van der Waals surface area contributed by atoms with Gasteiger partial charge in [0.25, 0.3) is 0 Å². The van der Waals surface area contributed by atoms with Crippen molar-refractivity contribution in [2.45, 2.75) is 6.54 Å². The lowest BCUT2D eigenvalue weighted by molar-refractivity contribution is 0.183. The number of rotatable bonds is 5. The second-order valence-corrected chi connectivity index (χ2v) is 9.73. The fraction of sp³-hybridized carbons (Fsp3) is 0.174. The highest BCUT2D eigenvalue weighted by molar-refractivity contribution is 7.87. The first-order chi connectivity index (χ1) is 13.6. The molecule has 0 fully saturated rings. The van der Waals surface area contributed by atoms with E-state index in [-0.39, 0.29) is 0 Å². The zero-order valence-electron chi connectivity index (χ0n) is 16.4. The molecule has 4 nitrogen and oxygen atoms in total. The lowest BCUT2D eigenvalue weighted by Gasteiger charge is -2.28. The molecule has 0 saturated carbocycles. The van der Waals surface area contributed by atoms with Crippen LogP contribution in [0.1, 0.15) is 5.56 Å². The van der Waals surface area contributed by atoms with Crippen molar-refractivity contribution in [3.8, 4) is 0 Å². The SMILES string of the molecule is COC(=O)N=P(c1ccccc1)(c1ccccc1)c1ccccc1CN(C)C. The maximum atomic E-state index is 12.5. The molecule has 0 atom stereocenters. The third-order valence-electron chi connectivity index (χ3n) is 4.49. The standard InChI is InChI=1S/C23H25N2O2P/c1-25(2)18-19-12-10-11-17-22(19)28(24-23(26)27-3,20-13-6-4-7-14-20)21-15-8-5-9-16-21/h4-17H,18H2,1-3H3. The summed E-state index contributed by atoms with van der Waals surface area (Å²) in [6.07, 6.45) is -0.555. The zero-order chi connectivity index (χ0) is 20.0. The van der Waals surface area contributed by atoms with Crippen molar-refractivity contribution in [1.29, 1.82) is 0 Å². The Morgan fingerprint density at radius 3 is 1.86 bits per heavy atom. The van der Waals surface area contributed by atoms with E-state index in [0.29, 0.717) is 0 Å². The second-order valence-electron chi connectivity index (χ2n) is 6.74. The average Bonchev–Trinajstić information content (AvgIpc) is 2.73. The van der Waals surface area contributed by atoms with E-state index in [2.05, 4.69) is 41.3 Å². The summed E-state index contributed by atoms with van der Waals surface area (Å²) in [5, 5.41) is 3.13. The third-order valence-corrected chi connectivity index (χ3v) is 8.18. The molecule has 0 N–H and O–H groups in total. The molecule has 0 aliphatic carbocycles. The fourth-order valence-corrected chi connectivity index (χ4v) is 6.94. The van der Waals surface area contributed by atoms with Crippen molar-refractivity contribution in [3.63, 3.8) is 0 Å². The van der Waals surface area contributed by atoms with E-state index in [0.717, 1.165) is 28.0 Å². The monoisotopic (exact) mass is 392 g/mol. The number of hydrogen-bond donors (Lipinski definition) is 0. The largest absolute Gasteiger partial charge is 0.451 e. The summed E-state index contributed by atoms with van der Waals surface area (Å²) >= 11 is 0. The highest BCUT2D eigenvalue weighted by Gasteiger charge is 2.31. The Balaban J connectivity index is 2.45. The molecule has 1 amide bonds. The van der Waals surface area contributed by atoms with Crippen LogP contribution in [0.2, 0.25) is 0 Å². The predicted octanol–water partition coefficient (Wildman–Crippen LogP) is 3.99. The maximum Gasteiger partial charge on any atom is 0.432 e. The number of methoxy groups -OCH3 is 1. The Morgan fingerprint density at radius 2 is 1.36 bits per heavy atom. The van der Waals surface area contributed by atoms with Gasteiger partial charge in [0.2, 0.25) is 0 Å². The average molecular weight is 392 g/mol. The van der Waals surface area contributed by atoms with Gasteiger partial charge in [0.05, 0.1) is 14.2 Å². The van der Waals surface area contributed by atoms with Gasteiger partial charge in [0.15, 0.2) is 0 Å². The topological polar surface area (TPSA) is 41.9 Å². The Hall–Kier alpha value is -2.68. The first kappa shape index (κ1) is 20.1. The van der Waals surface area contributed by atoms with Crippen LogP contribution >= 0.6 is 7.05 Å². The molecule has 0 heterocycles. The first-order valence-electron chi connectivity index (χ1n) is 9.12. The van der Waals surface area contributed by atoms with Crippen LogP contribution in [-0.2, 0) is 11.3 Å². The van der Waals surface area contributed by atoms with E-state index in [9.17, 15) is 4.79 Å². The summed E-state index contributed by atoms with van der Waals surface area (Å²) < 4.78 is 9.74. The van der Waals surface area contributed by atoms with Gasteiger partial charge in [-0.2, -0.15) is 4.74 Å². The van der Waals surface area contributed by atoms with E-state index < -0.39 is 13.1 Å². The normalized spacial score (nSPS) is 11.3. The Labute approximate surface area is 166 Å². The van der Waals surface area contributed by atoms with E-state index in [4.69, 9.17) is 9.48 Å². The number of benzene rings is 3. The van der Waals surface area contributed by atoms with E-state index >= 15 is 0 Å². The number of hydrogen-bond acceptors (Lipinski definition) is 3. The highest BCUT2D eigenvalue weighted by atomic mass is 31.2. The van der Waals surface area contributed by atoms with Crippen LogP contribution in [0.4, 0.5) is 4.79 Å². The highest BCUT2D eigenvalue weighted by Crippen LogP contribution is 2.47. The van der Waals surface area contributed by atoms with E-state index in [1.54, 1.807) is 0 Å². The molecule has 0 radical (unpaired) electrons. The van der Waals surface area contributed by atoms with Crippen LogP contribution in [-0.4, -0.2) is 32.2 Å². The van der Waals surface area contributed by atoms with Crippen molar-refractivity contribution < 1.29 is 9.53 Å². The number of ether oxygens (including phenoxy) is 1. The zero-order valence-corrected chi connectivity index (χ0v) is 17.3. The minimum atomic E-state index is -2.60. The van der Waals surface area contributed by atoms with Crippen LogP contribution in [0.25, 0.3) is 0 Å². The first-order valence-corrected chi connectivity index (χ1v) is 10.9. The molecule has 0 spiro atoms. The summed E-state index contributed by atoms with van der Waals surface area (Å²) in [6, 6.07) is 28.4. The smallest absolute Gasteiger partial charge is 0.432 e. The molecule has 0 bridgehead atoms. The van der Waals surface area contributed by atoms with Crippen molar-refractivity contribution in [1.82, 2.24) is 4.90 Å². The van der Waals surface area contributed by atoms with Gasteiger partial charge in [-0.1, -0.05) is 84.9 Å². The van der Waals surface area contributed by atoms with Gasteiger partial charge in [0, 0.05) is 22.5 Å². The molecule has 3 aromatic rings. The van der Waals surface area contributed by atoms with Gasteiger partial charge in [-0.15, -0.1) is 0 Å². The summed E-state index contributed by atoms with van der Waals surface area (Å²) in [4.78, 5) is 14.6. The molecule has 0 aliphatic heterocycles. The molecule has 0 aromatic heterocycles. The van der Waals surface area contributed by atoms with E-state index in [1.165, 1.54) is 7.11 Å². The van der Waals surface area contributed by atoms with Crippen LogP contribution in [0.3, 0.4) is 0 Å². The van der Waals surface area contributed by atoms with Crippen LogP contribution in [0.5, 0.6) is 0 Å². The van der Waals surface area contributed by atoms with Gasteiger partial charge in [-0.05, 0) is 19.7 Å². The van der Waals surface area contributed by atoms with Gasteiger partial charge >= 0.3 is 6.09 Å². The molecular formula is C23H25N2O2P. The van der Waals surface area contributed by atoms with Crippen LogP contribution < -0.4 is 15.9 Å². The molecule has 3 aromatic carbocycles. The Bertz CT molecular complexity index is 942. The molecular weight excluding hydrogens is 367 g/mol. The molecule has 0 unspecified atom stereocenters.